The molecule has 0 spiro atoms. The lowest BCUT2D eigenvalue weighted by Crippen LogP contribution is -2.22. The highest BCUT2D eigenvalue weighted by molar-refractivity contribution is 7.80. The molecule has 3 rings (SSSR count). The van der Waals surface area contributed by atoms with E-state index in [0.29, 0.717) is 11.5 Å². The van der Waals surface area contributed by atoms with Crippen molar-refractivity contribution in [3.05, 3.63) is 35.7 Å². The quantitative estimate of drug-likeness (QED) is 0.757. The second kappa shape index (κ2) is 6.19. The summed E-state index contributed by atoms with van der Waals surface area (Å²) in [7, 11) is 1.65. The molecule has 0 aliphatic carbocycles. The Hall–Kier alpha value is -2.34. The minimum absolute atomic E-state index is 0.0581. The van der Waals surface area contributed by atoms with Crippen LogP contribution in [0.25, 0.3) is 17.0 Å². The Morgan fingerprint density at radius 3 is 3.09 bits per heavy atom. The van der Waals surface area contributed by atoms with Gasteiger partial charge in [-0.05, 0) is 48.8 Å². The molecule has 2 heterocycles. The number of hydrogen-bond acceptors (Lipinski definition) is 3. The monoisotopic (exact) mass is 315 g/mol. The third kappa shape index (κ3) is 2.82. The highest BCUT2D eigenvalue weighted by Crippen LogP contribution is 2.33. The Balaban J connectivity index is 1.93. The number of anilines is 1. The number of thiocarbonyl (C=S) groups is 1. The summed E-state index contributed by atoms with van der Waals surface area (Å²) in [4.78, 5) is 11.3. The van der Waals surface area contributed by atoms with Crippen molar-refractivity contribution in [3.8, 4) is 0 Å². The van der Waals surface area contributed by atoms with E-state index in [0.717, 1.165) is 40.6 Å². The second-order valence-electron chi connectivity index (χ2n) is 5.12. The Morgan fingerprint density at radius 2 is 2.27 bits per heavy atom. The molecule has 1 amide bonds. The van der Waals surface area contributed by atoms with Crippen LogP contribution in [0.15, 0.2) is 29.0 Å². The van der Waals surface area contributed by atoms with Crippen molar-refractivity contribution in [1.29, 1.82) is 0 Å². The van der Waals surface area contributed by atoms with Gasteiger partial charge in [-0.15, -0.1) is 0 Å². The predicted octanol–water partition coefficient (Wildman–Crippen LogP) is 2.77. The fourth-order valence-corrected chi connectivity index (χ4v) is 2.79. The second-order valence-corrected chi connectivity index (χ2v) is 5.53. The van der Waals surface area contributed by atoms with E-state index in [1.54, 1.807) is 13.3 Å². The number of nitrogens with one attached hydrogen (secondary N) is 3. The zero-order valence-electron chi connectivity index (χ0n) is 12.2. The van der Waals surface area contributed by atoms with Gasteiger partial charge in [-0.1, -0.05) is 0 Å². The molecule has 1 aliphatic heterocycles. The molecule has 0 radical (unpaired) electrons. The molecule has 0 saturated carbocycles. The van der Waals surface area contributed by atoms with Gasteiger partial charge in [0.2, 0.25) is 5.91 Å². The van der Waals surface area contributed by atoms with Crippen molar-refractivity contribution < 1.29 is 9.21 Å². The van der Waals surface area contributed by atoms with Crippen molar-refractivity contribution >= 4 is 46.0 Å². The molecular weight excluding hydrogens is 298 g/mol. The van der Waals surface area contributed by atoms with E-state index in [1.807, 2.05) is 24.4 Å². The molecule has 22 heavy (non-hydrogen) atoms. The van der Waals surface area contributed by atoms with Gasteiger partial charge in [0.15, 0.2) is 5.11 Å². The van der Waals surface area contributed by atoms with Crippen molar-refractivity contribution in [2.24, 2.45) is 0 Å². The topological polar surface area (TPSA) is 66.3 Å². The van der Waals surface area contributed by atoms with E-state index in [1.165, 1.54) is 0 Å². The van der Waals surface area contributed by atoms with Crippen LogP contribution in [0, 0.1) is 0 Å². The Morgan fingerprint density at radius 1 is 1.41 bits per heavy atom. The van der Waals surface area contributed by atoms with Gasteiger partial charge in [-0.2, -0.15) is 0 Å². The summed E-state index contributed by atoms with van der Waals surface area (Å²) >= 11 is 5.17. The van der Waals surface area contributed by atoms with Crippen LogP contribution in [-0.2, 0) is 11.2 Å². The van der Waals surface area contributed by atoms with E-state index >= 15 is 0 Å². The molecule has 0 fully saturated rings. The third-order valence-electron chi connectivity index (χ3n) is 3.70. The largest absolute Gasteiger partial charge is 0.464 e. The number of aryl methyl sites for hydroxylation is 1. The first-order valence-corrected chi connectivity index (χ1v) is 7.57. The minimum atomic E-state index is 0.0581. The summed E-state index contributed by atoms with van der Waals surface area (Å²) in [5.41, 5.74) is 3.95. The normalized spacial score (nSPS) is 13.2. The number of hydrogen-bond donors (Lipinski definition) is 3. The molecule has 5 nitrogen and oxygen atoms in total. The van der Waals surface area contributed by atoms with Crippen LogP contribution < -0.4 is 16.0 Å². The molecule has 1 aliphatic rings. The van der Waals surface area contributed by atoms with E-state index in [-0.39, 0.29) is 5.91 Å². The van der Waals surface area contributed by atoms with Crippen molar-refractivity contribution in [2.45, 2.75) is 19.3 Å². The zero-order valence-corrected chi connectivity index (χ0v) is 13.0. The van der Waals surface area contributed by atoms with Gasteiger partial charge in [0.05, 0.1) is 6.26 Å². The predicted molar refractivity (Wildman–Crippen MR) is 91.6 cm³/mol. The molecule has 2 aromatic rings. The van der Waals surface area contributed by atoms with Crippen molar-refractivity contribution in [1.82, 2.24) is 10.6 Å². The summed E-state index contributed by atoms with van der Waals surface area (Å²) in [5, 5.41) is 10.4. The smallest absolute Gasteiger partial charge is 0.219 e. The third-order valence-corrected chi connectivity index (χ3v) is 3.92. The Kier molecular flexibility index (Phi) is 4.11. The van der Waals surface area contributed by atoms with E-state index in [4.69, 9.17) is 16.6 Å². The molecule has 6 heteroatoms. The molecule has 1 aromatic heterocycles. The number of carbonyl (C=O) groups excluding carboxylic acids is 1. The van der Waals surface area contributed by atoms with Crippen LogP contribution >= 0.6 is 12.2 Å². The lowest BCUT2D eigenvalue weighted by Gasteiger charge is -2.08. The van der Waals surface area contributed by atoms with Crippen molar-refractivity contribution in [3.63, 3.8) is 0 Å². The summed E-state index contributed by atoms with van der Waals surface area (Å²) in [6, 6.07) is 3.89. The lowest BCUT2D eigenvalue weighted by atomic mass is 10.0. The SMILES string of the molecule is CNC(=O)CCCc1coc2ccc3c(c12)C=CNC(=S)N3. The number of carbonyl (C=O) groups is 1. The summed E-state index contributed by atoms with van der Waals surface area (Å²) in [6.07, 6.45) is 7.68. The lowest BCUT2D eigenvalue weighted by molar-refractivity contribution is -0.120. The van der Waals surface area contributed by atoms with Crippen LogP contribution in [0.4, 0.5) is 5.69 Å². The minimum Gasteiger partial charge on any atom is -0.464 e. The number of furan rings is 1. The summed E-state index contributed by atoms with van der Waals surface area (Å²) in [5.74, 6) is 0.0581. The molecule has 0 bridgehead atoms. The molecule has 114 valence electrons. The van der Waals surface area contributed by atoms with E-state index in [2.05, 4.69) is 16.0 Å². The standard InChI is InChI=1S/C16H17N3O2S/c1-17-14(20)4-2-3-10-9-21-13-6-5-12-11(15(10)13)7-8-18-16(22)19-12/h5-9H,2-4H2,1H3,(H,17,20)(H2,18,19,22). The molecule has 0 unspecified atom stereocenters. The Bertz CT molecular complexity index is 764. The van der Waals surface area contributed by atoms with Gasteiger partial charge in [0.25, 0.3) is 0 Å². The molecule has 0 saturated heterocycles. The van der Waals surface area contributed by atoms with Gasteiger partial charge in [0.1, 0.15) is 5.58 Å². The van der Waals surface area contributed by atoms with Crippen LogP contribution in [0.5, 0.6) is 0 Å². The fourth-order valence-electron chi connectivity index (χ4n) is 2.61. The van der Waals surface area contributed by atoms with Crippen LogP contribution in [0.2, 0.25) is 0 Å². The number of rotatable bonds is 4. The van der Waals surface area contributed by atoms with Gasteiger partial charge in [0, 0.05) is 36.3 Å². The van der Waals surface area contributed by atoms with Crippen molar-refractivity contribution in [2.75, 3.05) is 12.4 Å². The van der Waals surface area contributed by atoms with Gasteiger partial charge in [-0.3, -0.25) is 4.79 Å². The molecule has 1 aromatic carbocycles. The molecule has 0 atom stereocenters. The van der Waals surface area contributed by atoms with Crippen LogP contribution in [-0.4, -0.2) is 18.1 Å². The fraction of sp³-hybridized carbons (Fsp3) is 0.250. The first kappa shape index (κ1) is 14.6. The van der Waals surface area contributed by atoms with Gasteiger partial charge < -0.3 is 20.4 Å². The van der Waals surface area contributed by atoms with Gasteiger partial charge in [-0.25, -0.2) is 0 Å². The highest BCUT2D eigenvalue weighted by Gasteiger charge is 2.15. The highest BCUT2D eigenvalue weighted by atomic mass is 32.1. The maximum atomic E-state index is 11.3. The summed E-state index contributed by atoms with van der Waals surface area (Å²) < 4.78 is 5.65. The molecule has 3 N–H and O–H groups in total. The van der Waals surface area contributed by atoms with Crippen LogP contribution in [0.3, 0.4) is 0 Å². The summed E-state index contributed by atoms with van der Waals surface area (Å²) in [6.45, 7) is 0. The number of fused-ring (bicyclic) bond motifs is 3. The average Bonchev–Trinajstić information content (AvgIpc) is 2.82. The maximum Gasteiger partial charge on any atom is 0.219 e. The zero-order chi connectivity index (χ0) is 15.5. The van der Waals surface area contributed by atoms with E-state index in [9.17, 15) is 4.79 Å². The van der Waals surface area contributed by atoms with Gasteiger partial charge >= 0.3 is 0 Å². The Labute approximate surface area is 133 Å². The van der Waals surface area contributed by atoms with E-state index < -0.39 is 0 Å². The first-order chi connectivity index (χ1) is 10.7. The first-order valence-electron chi connectivity index (χ1n) is 7.17. The number of amides is 1. The maximum absolute atomic E-state index is 11.3. The average molecular weight is 315 g/mol. The number of benzene rings is 1. The molecular formula is C16H17N3O2S. The van der Waals surface area contributed by atoms with Crippen LogP contribution in [0.1, 0.15) is 24.0 Å².